The molecule has 2 aromatic carbocycles. The Morgan fingerprint density at radius 3 is 2.19 bits per heavy atom. The third-order valence-electron chi connectivity index (χ3n) is 5.07. The summed E-state index contributed by atoms with van der Waals surface area (Å²) in [5, 5.41) is 10.1. The van der Waals surface area contributed by atoms with Crippen LogP contribution in [0.5, 0.6) is 0 Å². The van der Waals surface area contributed by atoms with Gasteiger partial charge in [0.05, 0.1) is 16.7 Å². The number of halogens is 4. The van der Waals surface area contributed by atoms with Gasteiger partial charge in [-0.05, 0) is 42.2 Å². The number of amides is 1. The van der Waals surface area contributed by atoms with Gasteiger partial charge >= 0.3 is 0 Å². The number of aromatic amines is 1. The van der Waals surface area contributed by atoms with E-state index in [9.17, 15) is 23.6 Å². The largest absolute Gasteiger partial charge is 0.337 e. The predicted octanol–water partition coefficient (Wildman–Crippen LogP) is 7.01. The van der Waals surface area contributed by atoms with E-state index in [1.807, 2.05) is 0 Å². The van der Waals surface area contributed by atoms with Gasteiger partial charge in [0.25, 0.3) is 5.91 Å². The van der Waals surface area contributed by atoms with Crippen LogP contribution in [0.25, 0.3) is 0 Å². The average molecular weight is 548 g/mol. The summed E-state index contributed by atoms with van der Waals surface area (Å²) < 4.78 is 26.4. The van der Waals surface area contributed by atoms with E-state index in [-0.39, 0.29) is 39.4 Å². The molecule has 3 aromatic rings. The zero-order valence-corrected chi connectivity index (χ0v) is 22.6. The molecule has 5 nitrogen and oxygen atoms in total. The molecule has 1 unspecified atom stereocenters. The minimum absolute atomic E-state index is 0.0833. The van der Waals surface area contributed by atoms with E-state index in [1.54, 1.807) is 12.1 Å². The first-order valence-corrected chi connectivity index (χ1v) is 12.3. The number of rotatable bonds is 2. The molecule has 0 saturated carbocycles. The van der Waals surface area contributed by atoms with Crippen molar-refractivity contribution in [1.29, 1.82) is 5.26 Å². The lowest BCUT2D eigenvalue weighted by Crippen LogP contribution is -2.34. The van der Waals surface area contributed by atoms with E-state index in [4.69, 9.17) is 23.2 Å². The summed E-state index contributed by atoms with van der Waals surface area (Å²) in [7, 11) is 0. The van der Waals surface area contributed by atoms with Crippen molar-refractivity contribution in [1.82, 2.24) is 9.88 Å². The number of carbonyl (C=O) groups is 1. The minimum atomic E-state index is -1.10. The zero-order valence-electron chi connectivity index (χ0n) is 21.1. The van der Waals surface area contributed by atoms with Gasteiger partial charge < -0.3 is 9.88 Å². The van der Waals surface area contributed by atoms with Crippen molar-refractivity contribution in [2.75, 3.05) is 13.1 Å². The summed E-state index contributed by atoms with van der Waals surface area (Å²) in [6.07, 6.45) is 1.66. The number of pyridine rings is 1. The van der Waals surface area contributed by atoms with E-state index in [2.05, 4.69) is 38.7 Å². The van der Waals surface area contributed by atoms with E-state index < -0.39 is 11.2 Å². The molecule has 1 amide bonds. The molecule has 0 bridgehead atoms. The lowest BCUT2D eigenvalue weighted by molar-refractivity contribution is 0.0786. The molecule has 0 aliphatic carbocycles. The van der Waals surface area contributed by atoms with Crippen LogP contribution >= 0.6 is 23.2 Å². The normalized spacial score (nSPS) is 16.6. The molecule has 1 atom stereocenters. The molecule has 1 aliphatic rings. The third kappa shape index (κ3) is 8.99. The van der Waals surface area contributed by atoms with Crippen LogP contribution in [0.3, 0.4) is 0 Å². The summed E-state index contributed by atoms with van der Waals surface area (Å²) >= 11 is 11.1. The summed E-state index contributed by atoms with van der Waals surface area (Å²) in [5.74, 6) is -1.23. The molecule has 1 N–H and O–H groups in total. The standard InChI is InChI=1S/C17H13ClFN3O2.C6H4ClF.C5H12/c18-12-2-3-13(14(19)7-12)17(9-20)5-6-22(10-17)16(24)11-1-4-15(23)21-8-11;7-5-3-1-2-4-6(5)8;1-5(2,3)4/h1-4,7-8H,5-6,10H2,(H,21,23);1-4H;1-4H3. The lowest BCUT2D eigenvalue weighted by Gasteiger charge is -2.23. The summed E-state index contributed by atoms with van der Waals surface area (Å²) in [4.78, 5) is 27.5. The van der Waals surface area contributed by atoms with Gasteiger partial charge in [0.15, 0.2) is 0 Å². The van der Waals surface area contributed by atoms with Crippen LogP contribution in [0.1, 0.15) is 50.0 Å². The molecular formula is C28H29Cl2F2N3O2. The van der Waals surface area contributed by atoms with Gasteiger partial charge in [-0.3, -0.25) is 9.59 Å². The van der Waals surface area contributed by atoms with Gasteiger partial charge in [0.1, 0.15) is 17.0 Å². The van der Waals surface area contributed by atoms with Gasteiger partial charge in [-0.2, -0.15) is 5.26 Å². The highest BCUT2D eigenvalue weighted by Gasteiger charge is 2.43. The number of carbonyl (C=O) groups excluding carboxylic acids is 1. The Morgan fingerprint density at radius 1 is 1.05 bits per heavy atom. The number of likely N-dealkylation sites (tertiary alicyclic amines) is 1. The Bertz CT molecular complexity index is 1280. The number of nitrogens with zero attached hydrogens (tertiary/aromatic N) is 2. The first-order chi connectivity index (χ1) is 17.3. The fraction of sp³-hybridized carbons (Fsp3) is 0.321. The monoisotopic (exact) mass is 547 g/mol. The van der Waals surface area contributed by atoms with Crippen LogP contribution in [-0.2, 0) is 5.41 Å². The average Bonchev–Trinajstić information content (AvgIpc) is 3.26. The molecule has 4 rings (SSSR count). The quantitative estimate of drug-likeness (QED) is 0.375. The number of benzene rings is 2. The highest BCUT2D eigenvalue weighted by molar-refractivity contribution is 6.30. The van der Waals surface area contributed by atoms with Crippen LogP contribution < -0.4 is 5.56 Å². The summed E-state index contributed by atoms with van der Waals surface area (Å²) in [6.45, 7) is 9.16. The molecule has 2 heterocycles. The summed E-state index contributed by atoms with van der Waals surface area (Å²) in [6, 6.07) is 15.2. The molecule has 1 aliphatic heterocycles. The van der Waals surface area contributed by atoms with Crippen LogP contribution in [0.2, 0.25) is 10.0 Å². The number of nitriles is 1. The minimum Gasteiger partial charge on any atom is -0.337 e. The van der Waals surface area contributed by atoms with Gasteiger partial charge in [-0.1, -0.05) is 69.1 Å². The molecule has 196 valence electrons. The first kappa shape index (κ1) is 30.0. The van der Waals surface area contributed by atoms with Crippen LogP contribution in [-0.4, -0.2) is 28.9 Å². The lowest BCUT2D eigenvalue weighted by atomic mass is 9.81. The highest BCUT2D eigenvalue weighted by atomic mass is 35.5. The van der Waals surface area contributed by atoms with Gasteiger partial charge in [0, 0.05) is 35.9 Å². The number of hydrogen-bond acceptors (Lipinski definition) is 3. The maximum Gasteiger partial charge on any atom is 0.255 e. The fourth-order valence-corrected chi connectivity index (χ4v) is 3.69. The molecule has 37 heavy (non-hydrogen) atoms. The van der Waals surface area contributed by atoms with Crippen LogP contribution in [0.15, 0.2) is 65.6 Å². The van der Waals surface area contributed by atoms with E-state index in [0.717, 1.165) is 0 Å². The molecule has 9 heteroatoms. The SMILES string of the molecule is CC(C)(C)C.Fc1ccccc1Cl.N#CC1(c2ccc(Cl)cc2F)CCN(C(=O)c2ccc(=O)[nH]c2)C1. The molecule has 0 radical (unpaired) electrons. The topological polar surface area (TPSA) is 77.0 Å². The fourth-order valence-electron chi connectivity index (χ4n) is 3.40. The molecule has 0 spiro atoms. The number of aromatic nitrogens is 1. The third-order valence-corrected chi connectivity index (χ3v) is 5.61. The Kier molecular flexibility index (Phi) is 10.4. The van der Waals surface area contributed by atoms with Crippen LogP contribution in [0, 0.1) is 28.4 Å². The van der Waals surface area contributed by atoms with Gasteiger partial charge in [-0.15, -0.1) is 0 Å². The second-order valence-corrected chi connectivity index (χ2v) is 11.0. The second-order valence-electron chi connectivity index (χ2n) is 10.2. The van der Waals surface area contributed by atoms with Crippen molar-refractivity contribution in [2.24, 2.45) is 5.41 Å². The zero-order chi connectivity index (χ0) is 27.8. The maximum absolute atomic E-state index is 14.3. The Balaban J connectivity index is 0.000000304. The molecular weight excluding hydrogens is 519 g/mol. The van der Waals surface area contributed by atoms with Crippen molar-refractivity contribution in [3.63, 3.8) is 0 Å². The Hall–Kier alpha value is -3.21. The maximum atomic E-state index is 14.3. The van der Waals surface area contributed by atoms with Crippen molar-refractivity contribution in [3.8, 4) is 6.07 Å². The molecule has 1 saturated heterocycles. The number of hydrogen-bond donors (Lipinski definition) is 1. The van der Waals surface area contributed by atoms with E-state index >= 15 is 0 Å². The first-order valence-electron chi connectivity index (χ1n) is 11.5. The van der Waals surface area contributed by atoms with Crippen molar-refractivity contribution < 1.29 is 13.6 Å². The smallest absolute Gasteiger partial charge is 0.255 e. The second kappa shape index (κ2) is 12.8. The van der Waals surface area contributed by atoms with Crippen molar-refractivity contribution in [2.45, 2.75) is 39.5 Å². The Morgan fingerprint density at radius 2 is 1.70 bits per heavy atom. The van der Waals surface area contributed by atoms with E-state index in [1.165, 1.54) is 53.6 Å². The van der Waals surface area contributed by atoms with Gasteiger partial charge in [0.2, 0.25) is 5.56 Å². The Labute approximate surface area is 225 Å². The number of H-pyrrole nitrogens is 1. The highest BCUT2D eigenvalue weighted by Crippen LogP contribution is 2.36. The van der Waals surface area contributed by atoms with Gasteiger partial charge in [-0.25, -0.2) is 8.78 Å². The number of nitrogens with one attached hydrogen (secondary N) is 1. The van der Waals surface area contributed by atoms with Crippen molar-refractivity contribution >= 4 is 29.1 Å². The molecule has 1 aromatic heterocycles. The van der Waals surface area contributed by atoms with Crippen LogP contribution in [0.4, 0.5) is 8.78 Å². The van der Waals surface area contributed by atoms with Crippen molar-refractivity contribution in [3.05, 3.63) is 104 Å². The van der Waals surface area contributed by atoms with E-state index in [0.29, 0.717) is 23.9 Å². The predicted molar refractivity (Wildman–Crippen MR) is 143 cm³/mol. The molecule has 1 fully saturated rings. The summed E-state index contributed by atoms with van der Waals surface area (Å²) in [5.41, 5.74) is -0.347.